The molecule has 48 valence electrons. The summed E-state index contributed by atoms with van der Waals surface area (Å²) in [5.41, 5.74) is 5.18. The van der Waals surface area contributed by atoms with Gasteiger partial charge in [0.2, 0.25) is 0 Å². The van der Waals surface area contributed by atoms with E-state index in [0.29, 0.717) is 4.32 Å². The lowest BCUT2D eigenvalue weighted by Crippen LogP contribution is -1.98. The van der Waals surface area contributed by atoms with E-state index in [9.17, 15) is 0 Å². The molecular weight excluding hydrogens is 198 g/mol. The molecule has 8 heavy (non-hydrogen) atoms. The van der Waals surface area contributed by atoms with Gasteiger partial charge in [0.05, 0.1) is 0 Å². The van der Waals surface area contributed by atoms with Crippen LogP contribution in [0.3, 0.4) is 0 Å². The van der Waals surface area contributed by atoms with Crippen molar-refractivity contribution in [3.63, 3.8) is 0 Å². The fourth-order valence-corrected chi connectivity index (χ4v) is 5.03. The minimum atomic E-state index is 0.497. The minimum absolute atomic E-state index is 0.497. The molecule has 0 aromatic carbocycles. The summed E-state index contributed by atoms with van der Waals surface area (Å²) in [6.07, 6.45) is 2.01. The first-order valence-corrected chi connectivity index (χ1v) is 7.24. The van der Waals surface area contributed by atoms with Crippen LogP contribution in [0.4, 0.5) is 0 Å². The van der Waals surface area contributed by atoms with Crippen LogP contribution in [0.2, 0.25) is 0 Å². The largest absolute Gasteiger partial charge is 0.384 e. The van der Waals surface area contributed by atoms with Gasteiger partial charge in [0.25, 0.3) is 0 Å². The molecule has 0 saturated heterocycles. The zero-order chi connectivity index (χ0) is 6.41. The van der Waals surface area contributed by atoms with Crippen molar-refractivity contribution in [2.75, 3.05) is 6.26 Å². The van der Waals surface area contributed by atoms with Gasteiger partial charge in [-0.15, -0.1) is 0 Å². The smallest absolute Gasteiger partial charge is 0.142 e. The Hall–Kier alpha value is 1.29. The molecular formula is C2H5NS5. The maximum Gasteiger partial charge on any atom is 0.142 e. The molecule has 1 nitrogen and oxygen atoms in total. The fraction of sp³-hybridized carbons (Fsp3) is 0.500. The predicted octanol–water partition coefficient (Wildman–Crippen LogP) is 2.54. The van der Waals surface area contributed by atoms with Crippen molar-refractivity contribution in [2.24, 2.45) is 5.73 Å². The predicted molar refractivity (Wildman–Crippen MR) is 53.1 cm³/mol. The minimum Gasteiger partial charge on any atom is -0.384 e. The lowest BCUT2D eigenvalue weighted by molar-refractivity contribution is 1.91. The van der Waals surface area contributed by atoms with E-state index in [2.05, 4.69) is 12.2 Å². The first-order valence-electron chi connectivity index (χ1n) is 1.61. The maximum absolute atomic E-state index is 5.18. The lowest BCUT2D eigenvalue weighted by Gasteiger charge is -1.90. The van der Waals surface area contributed by atoms with Crippen LogP contribution in [0.5, 0.6) is 0 Å². The normalized spacial score (nSPS) is 9.12. The number of hydrogen-bond acceptors (Lipinski definition) is 5. The molecule has 0 unspecified atom stereocenters. The van der Waals surface area contributed by atoms with Crippen LogP contribution in [0.1, 0.15) is 0 Å². The molecule has 0 bridgehead atoms. The molecule has 0 saturated carbocycles. The van der Waals surface area contributed by atoms with Gasteiger partial charge in [-0.25, -0.2) is 0 Å². The molecule has 6 heteroatoms. The summed E-state index contributed by atoms with van der Waals surface area (Å²) < 4.78 is 0.497. The van der Waals surface area contributed by atoms with Gasteiger partial charge < -0.3 is 5.73 Å². The summed E-state index contributed by atoms with van der Waals surface area (Å²) in [4.78, 5) is 0. The summed E-state index contributed by atoms with van der Waals surface area (Å²) in [5, 5.41) is 0. The third-order valence-corrected chi connectivity index (χ3v) is 6.36. The Kier molecular flexibility index (Phi) is 7.44. The SMILES string of the molecule is CSSSSC(N)=S. The molecule has 0 amide bonds. The molecule has 0 fully saturated rings. The Balaban J connectivity index is 2.82. The Morgan fingerprint density at radius 2 is 2.12 bits per heavy atom. The van der Waals surface area contributed by atoms with E-state index in [1.807, 2.05) is 6.26 Å². The highest BCUT2D eigenvalue weighted by molar-refractivity contribution is 9.27. The van der Waals surface area contributed by atoms with Gasteiger partial charge in [-0.05, 0) is 36.7 Å². The van der Waals surface area contributed by atoms with Gasteiger partial charge in [-0.3, -0.25) is 0 Å². The summed E-state index contributed by atoms with van der Waals surface area (Å²) in [6.45, 7) is 0. The van der Waals surface area contributed by atoms with Crippen LogP contribution in [0.15, 0.2) is 0 Å². The fourth-order valence-electron chi connectivity index (χ4n) is 0.0752. The summed E-state index contributed by atoms with van der Waals surface area (Å²) >= 11 is 4.61. The number of rotatable bonds is 3. The van der Waals surface area contributed by atoms with Crippen molar-refractivity contribution in [2.45, 2.75) is 0 Å². The highest BCUT2D eigenvalue weighted by atomic mass is 33.7. The summed E-state index contributed by atoms with van der Waals surface area (Å²) in [6, 6.07) is 0. The third kappa shape index (κ3) is 7.29. The average Bonchev–Trinajstić information content (AvgIpc) is 1.66. The van der Waals surface area contributed by atoms with Gasteiger partial charge >= 0.3 is 0 Å². The maximum atomic E-state index is 5.18. The average molecular weight is 203 g/mol. The molecule has 0 aliphatic heterocycles. The Bertz CT molecular complexity index is 72.8. The molecule has 0 atom stereocenters. The highest BCUT2D eigenvalue weighted by Gasteiger charge is 1.89. The van der Waals surface area contributed by atoms with Gasteiger partial charge in [-0.2, -0.15) is 0 Å². The van der Waals surface area contributed by atoms with E-state index in [4.69, 9.17) is 5.73 Å². The number of thiocarbonyl (C=S) groups is 1. The zero-order valence-corrected chi connectivity index (χ0v) is 8.20. The van der Waals surface area contributed by atoms with Crippen LogP contribution in [0.25, 0.3) is 0 Å². The van der Waals surface area contributed by atoms with Crippen molar-refractivity contribution in [3.8, 4) is 0 Å². The lowest BCUT2D eigenvalue weighted by atomic mass is 11.5. The van der Waals surface area contributed by atoms with Crippen molar-refractivity contribution < 1.29 is 0 Å². The molecule has 2 N–H and O–H groups in total. The quantitative estimate of drug-likeness (QED) is 0.430. The molecule has 0 aromatic rings. The van der Waals surface area contributed by atoms with Crippen LogP contribution >= 0.6 is 53.5 Å². The van der Waals surface area contributed by atoms with E-state index in [0.717, 1.165) is 0 Å². The van der Waals surface area contributed by atoms with E-state index in [-0.39, 0.29) is 0 Å². The Morgan fingerprint density at radius 1 is 1.50 bits per heavy atom. The van der Waals surface area contributed by atoms with Crippen LogP contribution in [0, 0.1) is 0 Å². The highest BCUT2D eigenvalue weighted by Crippen LogP contribution is 2.41. The standard InChI is InChI=1S/C2H5NS5/c1-5-7-8-6-2(3)4/h1H3,(H2,3,4). The van der Waals surface area contributed by atoms with Gasteiger partial charge in [0.1, 0.15) is 4.32 Å². The first-order chi connectivity index (χ1) is 3.77. The molecule has 0 radical (unpaired) electrons. The van der Waals surface area contributed by atoms with E-state index < -0.39 is 0 Å². The molecule has 0 heterocycles. The number of hydrogen-bond donors (Lipinski definition) is 1. The monoisotopic (exact) mass is 203 g/mol. The van der Waals surface area contributed by atoms with Crippen LogP contribution < -0.4 is 5.73 Å². The third-order valence-electron chi connectivity index (χ3n) is 0.212. The van der Waals surface area contributed by atoms with Crippen molar-refractivity contribution in [1.29, 1.82) is 0 Å². The van der Waals surface area contributed by atoms with Gasteiger partial charge in [0.15, 0.2) is 0 Å². The zero-order valence-electron chi connectivity index (χ0n) is 4.12. The second-order valence-electron chi connectivity index (χ2n) is 0.705. The molecule has 0 rings (SSSR count). The Morgan fingerprint density at radius 3 is 2.50 bits per heavy atom. The summed E-state index contributed by atoms with van der Waals surface area (Å²) in [5.74, 6) is 0. The molecule has 0 aliphatic rings. The topological polar surface area (TPSA) is 26.0 Å². The second kappa shape index (κ2) is 6.41. The molecule has 0 aromatic heterocycles. The van der Waals surface area contributed by atoms with Crippen molar-refractivity contribution >= 4 is 57.8 Å². The van der Waals surface area contributed by atoms with Gasteiger partial charge in [0, 0.05) is 0 Å². The van der Waals surface area contributed by atoms with E-state index in [1.54, 1.807) is 30.4 Å². The van der Waals surface area contributed by atoms with Crippen LogP contribution in [-0.2, 0) is 0 Å². The Labute approximate surface area is 69.5 Å². The second-order valence-corrected chi connectivity index (χ2v) is 7.38. The first kappa shape index (κ1) is 9.29. The molecule has 0 spiro atoms. The summed E-state index contributed by atoms with van der Waals surface area (Å²) in [7, 11) is 6.37. The van der Waals surface area contributed by atoms with Crippen molar-refractivity contribution in [1.82, 2.24) is 0 Å². The van der Waals surface area contributed by atoms with Crippen molar-refractivity contribution in [3.05, 3.63) is 0 Å². The van der Waals surface area contributed by atoms with E-state index >= 15 is 0 Å². The number of nitrogens with two attached hydrogens (primary N) is 1. The van der Waals surface area contributed by atoms with E-state index in [1.165, 1.54) is 10.8 Å². The van der Waals surface area contributed by atoms with Crippen LogP contribution in [-0.4, -0.2) is 10.6 Å². The van der Waals surface area contributed by atoms with Gasteiger partial charge in [-0.1, -0.05) is 23.0 Å². The molecule has 0 aliphatic carbocycles.